The van der Waals surface area contributed by atoms with Crippen molar-refractivity contribution >= 4 is 28.8 Å². The molecule has 2 aromatic heterocycles. The summed E-state index contributed by atoms with van der Waals surface area (Å²) in [6, 6.07) is 8.04. The zero-order valence-corrected chi connectivity index (χ0v) is 18.0. The summed E-state index contributed by atoms with van der Waals surface area (Å²) in [5.74, 6) is -0.670. The van der Waals surface area contributed by atoms with E-state index in [0.717, 1.165) is 16.8 Å². The van der Waals surface area contributed by atoms with Crippen LogP contribution in [0.15, 0.2) is 35.1 Å². The minimum Gasteiger partial charge on any atom is -0.377 e. The Bertz CT molecular complexity index is 1240. The Kier molecular flexibility index (Phi) is 4.67. The Hall–Kier alpha value is -2.71. The van der Waals surface area contributed by atoms with E-state index < -0.39 is 5.41 Å². The first-order chi connectivity index (χ1) is 14.8. The van der Waals surface area contributed by atoms with Gasteiger partial charge in [-0.1, -0.05) is 26.0 Å². The summed E-state index contributed by atoms with van der Waals surface area (Å²) >= 11 is 5.87. The van der Waals surface area contributed by atoms with E-state index in [1.165, 1.54) is 16.8 Å². The van der Waals surface area contributed by atoms with Crippen LogP contribution in [0.2, 0.25) is 0 Å². The Morgan fingerprint density at radius 3 is 2.61 bits per heavy atom. The summed E-state index contributed by atoms with van der Waals surface area (Å²) in [6.45, 7) is 5.32. The molecule has 0 aliphatic carbocycles. The molecule has 1 fully saturated rings. The van der Waals surface area contributed by atoms with Crippen LogP contribution in [-0.4, -0.2) is 45.7 Å². The number of pyridine rings is 1. The second-order valence-corrected chi connectivity index (χ2v) is 9.05. The second kappa shape index (κ2) is 7.17. The smallest absolute Gasteiger partial charge is 0.351 e. The van der Waals surface area contributed by atoms with Crippen molar-refractivity contribution < 1.29 is 13.9 Å². The maximum Gasteiger partial charge on any atom is 0.351 e. The molecule has 0 unspecified atom stereocenters. The molecule has 0 spiro atoms. The lowest BCUT2D eigenvalue weighted by Crippen LogP contribution is -2.38. The molecule has 5 rings (SSSR count). The van der Waals surface area contributed by atoms with Crippen molar-refractivity contribution in [2.75, 3.05) is 30.5 Å². The molecule has 0 atom stereocenters. The van der Waals surface area contributed by atoms with Gasteiger partial charge in [-0.05, 0) is 23.8 Å². The van der Waals surface area contributed by atoms with Crippen LogP contribution in [-0.2, 0) is 21.4 Å². The Balaban J connectivity index is 1.76. The average molecular weight is 445 g/mol. The summed E-state index contributed by atoms with van der Waals surface area (Å²) in [5, 5.41) is 4.66. The van der Waals surface area contributed by atoms with Gasteiger partial charge in [-0.25, -0.2) is 18.3 Å². The van der Waals surface area contributed by atoms with Gasteiger partial charge in [-0.2, -0.15) is 0 Å². The number of hydrogen-bond donors (Lipinski definition) is 0. The number of carbonyl (C=O) groups excluding carboxylic acids is 1. The number of aromatic nitrogens is 3. The molecule has 9 heteroatoms. The molecule has 0 radical (unpaired) electrons. The average Bonchev–Trinajstić information content (AvgIpc) is 3.16. The number of halogens is 2. The number of carbonyl (C=O) groups is 1. The lowest BCUT2D eigenvalue weighted by atomic mass is 9.90. The molecule has 2 aliphatic rings. The molecule has 4 heterocycles. The second-order valence-electron chi connectivity index (χ2n) is 8.78. The van der Waals surface area contributed by atoms with Crippen LogP contribution in [0.25, 0.3) is 5.65 Å². The third-order valence-electron chi connectivity index (χ3n) is 6.04. The summed E-state index contributed by atoms with van der Waals surface area (Å²) in [6.07, 6.45) is 0.442. The van der Waals surface area contributed by atoms with Crippen molar-refractivity contribution in [1.82, 2.24) is 14.2 Å². The fraction of sp³-hybridized carbons (Fsp3) is 0.409. The predicted molar refractivity (Wildman–Crippen MR) is 115 cm³/mol. The van der Waals surface area contributed by atoms with E-state index in [1.54, 1.807) is 21.4 Å². The number of nitrogens with zero attached hydrogens (tertiary/aromatic N) is 4. The monoisotopic (exact) mass is 444 g/mol. The number of amides is 1. The quantitative estimate of drug-likeness (QED) is 0.580. The summed E-state index contributed by atoms with van der Waals surface area (Å²) in [4.78, 5) is 27.7. The first kappa shape index (κ1) is 20.2. The molecule has 1 saturated heterocycles. The van der Waals surface area contributed by atoms with Gasteiger partial charge in [0.1, 0.15) is 17.7 Å². The van der Waals surface area contributed by atoms with Crippen LogP contribution < -0.4 is 10.6 Å². The van der Waals surface area contributed by atoms with E-state index >= 15 is 0 Å². The van der Waals surface area contributed by atoms with Gasteiger partial charge in [0, 0.05) is 23.9 Å². The molecule has 0 N–H and O–H groups in total. The highest BCUT2D eigenvalue weighted by Crippen LogP contribution is 2.42. The molecule has 162 valence electrons. The van der Waals surface area contributed by atoms with E-state index in [1.807, 2.05) is 19.9 Å². The topological polar surface area (TPSA) is 68.8 Å². The van der Waals surface area contributed by atoms with Crippen molar-refractivity contribution in [1.29, 1.82) is 0 Å². The van der Waals surface area contributed by atoms with Crippen molar-refractivity contribution in [2.24, 2.45) is 0 Å². The fourth-order valence-electron chi connectivity index (χ4n) is 4.46. The first-order valence-corrected chi connectivity index (χ1v) is 10.7. The van der Waals surface area contributed by atoms with Gasteiger partial charge in [-0.15, -0.1) is 16.7 Å². The number of anilines is 1. The number of rotatable bonds is 4. The summed E-state index contributed by atoms with van der Waals surface area (Å²) < 4.78 is 21.8. The molecule has 2 aliphatic heterocycles. The molecule has 0 saturated carbocycles. The highest BCUT2D eigenvalue weighted by molar-refractivity contribution is 6.29. The number of hydrogen-bond acceptors (Lipinski definition) is 4. The molecule has 3 aromatic rings. The van der Waals surface area contributed by atoms with Crippen LogP contribution in [0.4, 0.5) is 10.1 Å². The van der Waals surface area contributed by atoms with Crippen LogP contribution in [0, 0.1) is 5.82 Å². The normalized spacial score (nSPS) is 17.7. The molecular formula is C22H22ClFN4O3. The molecule has 31 heavy (non-hydrogen) atoms. The number of fused-ring (bicyclic) bond motifs is 3. The van der Waals surface area contributed by atoms with Crippen LogP contribution in [0.1, 0.15) is 36.7 Å². The van der Waals surface area contributed by atoms with Crippen molar-refractivity contribution in [3.8, 4) is 0 Å². The van der Waals surface area contributed by atoms with E-state index in [4.69, 9.17) is 16.3 Å². The van der Waals surface area contributed by atoms with Gasteiger partial charge in [0.05, 0.1) is 24.6 Å². The van der Waals surface area contributed by atoms with Crippen molar-refractivity contribution in [2.45, 2.75) is 31.7 Å². The number of ether oxygens (including phenoxy) is 1. The van der Waals surface area contributed by atoms with Gasteiger partial charge in [0.15, 0.2) is 5.65 Å². The lowest BCUT2D eigenvalue weighted by molar-refractivity contribution is -0.116. The maximum absolute atomic E-state index is 13.4. The van der Waals surface area contributed by atoms with E-state index in [0.29, 0.717) is 37.5 Å². The van der Waals surface area contributed by atoms with Gasteiger partial charge in [0.2, 0.25) is 5.91 Å². The largest absolute Gasteiger partial charge is 0.377 e. The van der Waals surface area contributed by atoms with Crippen molar-refractivity contribution in [3.63, 3.8) is 0 Å². The highest BCUT2D eigenvalue weighted by Gasteiger charge is 2.42. The third-order valence-corrected chi connectivity index (χ3v) is 6.27. The molecule has 1 aromatic carbocycles. The Morgan fingerprint density at radius 2 is 2.00 bits per heavy atom. The molecule has 1 amide bonds. The third kappa shape index (κ3) is 3.16. The van der Waals surface area contributed by atoms with E-state index in [9.17, 15) is 14.0 Å². The fourth-order valence-corrected chi connectivity index (χ4v) is 4.61. The minimum atomic E-state index is -0.461. The summed E-state index contributed by atoms with van der Waals surface area (Å²) in [7, 11) is 0. The van der Waals surface area contributed by atoms with E-state index in [-0.39, 0.29) is 29.3 Å². The predicted octanol–water partition coefficient (Wildman–Crippen LogP) is 2.66. The van der Waals surface area contributed by atoms with Gasteiger partial charge >= 0.3 is 5.69 Å². The first-order valence-electron chi connectivity index (χ1n) is 10.2. The Morgan fingerprint density at radius 1 is 1.29 bits per heavy atom. The lowest BCUT2D eigenvalue weighted by Gasteiger charge is -2.24. The number of benzene rings is 1. The maximum atomic E-state index is 13.4. The van der Waals surface area contributed by atoms with Crippen LogP contribution >= 0.6 is 11.6 Å². The van der Waals surface area contributed by atoms with Crippen molar-refractivity contribution in [3.05, 3.63) is 63.5 Å². The van der Waals surface area contributed by atoms with Gasteiger partial charge < -0.3 is 9.64 Å². The Labute approximate surface area is 183 Å². The standard InChI is InChI=1S/C22H22ClFN4O3/c1-22(2)12-26(18(29)9-23)17-8-14(7-13-3-5-15(24)6-4-13)20-25-28(16-10-31-11-16)21(30)27(20)19(17)22/h3-6,8,16H,7,9-12H2,1-2H3. The highest BCUT2D eigenvalue weighted by atomic mass is 35.5. The SMILES string of the molecule is CC1(C)CN(C(=O)CCl)c2cc(Cc3ccc(F)cc3)c3nn(C4COC4)c(=O)n3c21. The molecular weight excluding hydrogens is 423 g/mol. The molecule has 0 bridgehead atoms. The van der Waals surface area contributed by atoms with E-state index in [2.05, 4.69) is 5.10 Å². The minimum absolute atomic E-state index is 0.105. The zero-order valence-electron chi connectivity index (χ0n) is 17.3. The number of alkyl halides is 1. The zero-order chi connectivity index (χ0) is 21.9. The van der Waals surface area contributed by atoms with Gasteiger partial charge in [-0.3, -0.25) is 4.79 Å². The van der Waals surface area contributed by atoms with Crippen LogP contribution in [0.5, 0.6) is 0 Å². The van der Waals surface area contributed by atoms with Crippen LogP contribution in [0.3, 0.4) is 0 Å². The van der Waals surface area contributed by atoms with Gasteiger partial charge in [0.25, 0.3) is 0 Å². The molecule has 7 nitrogen and oxygen atoms in total. The summed E-state index contributed by atoms with van der Waals surface area (Å²) in [5.41, 5.74) is 2.93.